The van der Waals surface area contributed by atoms with Crippen molar-refractivity contribution in [2.75, 3.05) is 13.1 Å². The number of aryl methyl sites for hydroxylation is 1. The fraction of sp³-hybridized carbons (Fsp3) is 0.375. The van der Waals surface area contributed by atoms with Gasteiger partial charge in [-0.2, -0.15) is 0 Å². The van der Waals surface area contributed by atoms with Gasteiger partial charge in [0.15, 0.2) is 0 Å². The van der Waals surface area contributed by atoms with Crippen LogP contribution < -0.4 is 5.56 Å². The average Bonchev–Trinajstić information content (AvgIpc) is 3.17. The summed E-state index contributed by atoms with van der Waals surface area (Å²) in [5.41, 5.74) is 4.26. The van der Waals surface area contributed by atoms with Crippen LogP contribution in [0.15, 0.2) is 57.7 Å². The van der Waals surface area contributed by atoms with E-state index >= 15 is 0 Å². The van der Waals surface area contributed by atoms with Crippen molar-refractivity contribution in [3.8, 4) is 11.1 Å². The minimum atomic E-state index is -0.0647. The van der Waals surface area contributed by atoms with E-state index in [4.69, 9.17) is 4.42 Å². The Morgan fingerprint density at radius 2 is 1.83 bits per heavy atom. The number of hydrogen-bond donors (Lipinski definition) is 1. The Morgan fingerprint density at radius 3 is 2.62 bits per heavy atom. The molecule has 0 amide bonds. The van der Waals surface area contributed by atoms with Crippen molar-refractivity contribution in [3.63, 3.8) is 0 Å². The Kier molecular flexibility index (Phi) is 4.64. The van der Waals surface area contributed by atoms with E-state index in [0.717, 1.165) is 60.7 Å². The molecule has 3 aromatic rings. The molecule has 29 heavy (non-hydrogen) atoms. The van der Waals surface area contributed by atoms with Gasteiger partial charge in [0.2, 0.25) is 0 Å². The van der Waals surface area contributed by atoms with Crippen LogP contribution in [0.5, 0.6) is 0 Å². The smallest absolute Gasteiger partial charge is 0.258 e. The number of piperidine rings is 1. The van der Waals surface area contributed by atoms with Crippen LogP contribution in [0, 0.1) is 12.8 Å². The fourth-order valence-corrected chi connectivity index (χ4v) is 5.07. The number of benzene rings is 1. The zero-order valence-electron chi connectivity index (χ0n) is 16.7. The molecule has 5 heteroatoms. The van der Waals surface area contributed by atoms with Gasteiger partial charge in [-0.3, -0.25) is 9.69 Å². The lowest BCUT2D eigenvalue weighted by molar-refractivity contribution is 0.106. The number of rotatable bonds is 4. The summed E-state index contributed by atoms with van der Waals surface area (Å²) < 4.78 is 7.70. The molecule has 5 nitrogen and oxygen atoms in total. The van der Waals surface area contributed by atoms with Crippen molar-refractivity contribution >= 4 is 0 Å². The quantitative estimate of drug-likeness (QED) is 0.740. The first-order chi connectivity index (χ1) is 14.1. The third-order valence-corrected chi connectivity index (χ3v) is 6.37. The first-order valence-electron chi connectivity index (χ1n) is 10.3. The third kappa shape index (κ3) is 3.34. The molecule has 1 aromatic carbocycles. The molecule has 0 spiro atoms. The van der Waals surface area contributed by atoms with Gasteiger partial charge in [0.1, 0.15) is 18.1 Å². The molecule has 0 aliphatic carbocycles. The molecule has 1 fully saturated rings. The van der Waals surface area contributed by atoms with Gasteiger partial charge in [-0.1, -0.05) is 24.3 Å². The Labute approximate surface area is 170 Å². The highest BCUT2D eigenvalue weighted by Crippen LogP contribution is 2.36. The molecule has 0 radical (unpaired) electrons. The number of aliphatic hydroxyl groups excluding tert-OH is 1. The summed E-state index contributed by atoms with van der Waals surface area (Å²) in [6.45, 7) is 5.41. The summed E-state index contributed by atoms with van der Waals surface area (Å²) in [5.74, 6) is 2.34. The molecule has 4 heterocycles. The Morgan fingerprint density at radius 1 is 1.00 bits per heavy atom. The number of fused-ring (bicyclic) bond motifs is 4. The van der Waals surface area contributed by atoms with E-state index < -0.39 is 0 Å². The molecule has 2 atom stereocenters. The van der Waals surface area contributed by atoms with Gasteiger partial charge < -0.3 is 14.1 Å². The van der Waals surface area contributed by atoms with Gasteiger partial charge in [-0.15, -0.1) is 0 Å². The molecule has 150 valence electrons. The van der Waals surface area contributed by atoms with E-state index in [1.54, 1.807) is 0 Å². The molecule has 5 rings (SSSR count). The predicted octanol–water partition coefficient (Wildman–Crippen LogP) is 3.53. The summed E-state index contributed by atoms with van der Waals surface area (Å²) in [6.07, 6.45) is 1.14. The molecule has 2 bridgehead atoms. The summed E-state index contributed by atoms with van der Waals surface area (Å²) in [6, 6.07) is 16.0. The SMILES string of the molecule is Cc1ccccc1-c1ccc2n(c1=O)C[C@@H]1C[C@@H]2CN(Cc2ccc(CO)o2)C1. The zero-order valence-corrected chi connectivity index (χ0v) is 16.7. The van der Waals surface area contributed by atoms with Crippen molar-refractivity contribution in [1.29, 1.82) is 0 Å². The van der Waals surface area contributed by atoms with Crippen LogP contribution in [-0.2, 0) is 19.7 Å². The highest BCUT2D eigenvalue weighted by molar-refractivity contribution is 5.66. The van der Waals surface area contributed by atoms with E-state index in [9.17, 15) is 9.90 Å². The third-order valence-electron chi connectivity index (χ3n) is 6.37. The Balaban J connectivity index is 1.43. The van der Waals surface area contributed by atoms with Crippen molar-refractivity contribution in [2.45, 2.75) is 39.0 Å². The minimum absolute atomic E-state index is 0.0647. The molecule has 0 saturated carbocycles. The molecule has 1 N–H and O–H groups in total. The summed E-state index contributed by atoms with van der Waals surface area (Å²) in [5, 5.41) is 9.21. The van der Waals surface area contributed by atoms with Gasteiger partial charge in [0, 0.05) is 36.8 Å². The Bertz CT molecular complexity index is 1100. The maximum atomic E-state index is 13.3. The highest BCUT2D eigenvalue weighted by Gasteiger charge is 2.35. The minimum Gasteiger partial charge on any atom is -0.462 e. The first kappa shape index (κ1) is 18.4. The van der Waals surface area contributed by atoms with Crippen molar-refractivity contribution in [1.82, 2.24) is 9.47 Å². The summed E-state index contributed by atoms with van der Waals surface area (Å²) >= 11 is 0. The maximum absolute atomic E-state index is 13.3. The molecular weight excluding hydrogens is 364 g/mol. The van der Waals surface area contributed by atoms with E-state index in [2.05, 4.69) is 24.0 Å². The lowest BCUT2D eigenvalue weighted by Crippen LogP contribution is -2.46. The number of pyridine rings is 1. The predicted molar refractivity (Wildman–Crippen MR) is 112 cm³/mol. The van der Waals surface area contributed by atoms with Crippen molar-refractivity contribution in [2.24, 2.45) is 5.92 Å². The monoisotopic (exact) mass is 390 g/mol. The van der Waals surface area contributed by atoms with Crippen LogP contribution in [0.25, 0.3) is 11.1 Å². The molecule has 0 unspecified atom stereocenters. The summed E-state index contributed by atoms with van der Waals surface area (Å²) in [7, 11) is 0. The van der Waals surface area contributed by atoms with Gasteiger partial charge in [-0.05, 0) is 54.7 Å². The van der Waals surface area contributed by atoms with Crippen LogP contribution in [0.4, 0.5) is 0 Å². The second-order valence-electron chi connectivity index (χ2n) is 8.42. The van der Waals surface area contributed by atoms with E-state index in [0.29, 0.717) is 17.6 Å². The van der Waals surface area contributed by atoms with E-state index in [1.165, 1.54) is 0 Å². The van der Waals surface area contributed by atoms with Crippen LogP contribution in [-0.4, -0.2) is 27.7 Å². The normalized spacial score (nSPS) is 21.2. The van der Waals surface area contributed by atoms with Crippen molar-refractivity contribution in [3.05, 3.63) is 81.7 Å². The topological polar surface area (TPSA) is 58.6 Å². The highest BCUT2D eigenvalue weighted by atomic mass is 16.4. The average molecular weight is 390 g/mol. The lowest BCUT2D eigenvalue weighted by atomic mass is 9.82. The van der Waals surface area contributed by atoms with Gasteiger partial charge >= 0.3 is 0 Å². The van der Waals surface area contributed by atoms with Crippen LogP contribution in [0.1, 0.15) is 35.1 Å². The first-order valence-corrected chi connectivity index (χ1v) is 10.3. The second kappa shape index (κ2) is 7.32. The molecule has 1 saturated heterocycles. The molecular formula is C24H26N2O3. The number of aromatic nitrogens is 1. The Hall–Kier alpha value is -2.63. The lowest BCUT2D eigenvalue weighted by Gasteiger charge is -2.42. The van der Waals surface area contributed by atoms with Crippen LogP contribution >= 0.6 is 0 Å². The molecule has 2 aliphatic heterocycles. The molecule has 2 aliphatic rings. The second-order valence-corrected chi connectivity index (χ2v) is 8.42. The van der Waals surface area contributed by atoms with Gasteiger partial charge in [0.05, 0.1) is 6.54 Å². The molecule has 2 aromatic heterocycles. The number of hydrogen-bond acceptors (Lipinski definition) is 4. The van der Waals surface area contributed by atoms with Gasteiger partial charge in [0.25, 0.3) is 5.56 Å². The number of aliphatic hydroxyl groups is 1. The van der Waals surface area contributed by atoms with Gasteiger partial charge in [-0.25, -0.2) is 0 Å². The van der Waals surface area contributed by atoms with Crippen molar-refractivity contribution < 1.29 is 9.52 Å². The zero-order chi connectivity index (χ0) is 20.0. The summed E-state index contributed by atoms with van der Waals surface area (Å²) in [4.78, 5) is 15.7. The standard InChI is InChI=1S/C24H26N2O3/c1-16-4-2-3-5-21(16)22-8-9-23-18-10-17(12-26(23)24(22)28)11-25(13-18)14-19-6-7-20(15-27)29-19/h2-9,17-18,27H,10-15H2,1H3/t17-,18-/m1/s1. The van der Waals surface area contributed by atoms with E-state index in [-0.39, 0.29) is 12.2 Å². The number of nitrogens with zero attached hydrogens (tertiary/aromatic N) is 2. The van der Waals surface area contributed by atoms with Crippen LogP contribution in [0.3, 0.4) is 0 Å². The van der Waals surface area contributed by atoms with Crippen LogP contribution in [0.2, 0.25) is 0 Å². The number of likely N-dealkylation sites (tertiary alicyclic amines) is 1. The van der Waals surface area contributed by atoms with E-state index in [1.807, 2.05) is 41.0 Å². The largest absolute Gasteiger partial charge is 0.462 e. The maximum Gasteiger partial charge on any atom is 0.258 e. The number of furan rings is 1. The fourth-order valence-electron chi connectivity index (χ4n) is 5.07.